The van der Waals surface area contributed by atoms with Gasteiger partial charge in [-0.1, -0.05) is 36.7 Å². The van der Waals surface area contributed by atoms with E-state index in [0.717, 1.165) is 12.7 Å². The van der Waals surface area contributed by atoms with Crippen LogP contribution in [0.15, 0.2) is 36.4 Å². The highest BCUT2D eigenvalue weighted by atomic mass is 35.5. The van der Waals surface area contributed by atoms with Crippen molar-refractivity contribution in [1.82, 2.24) is 0 Å². The van der Waals surface area contributed by atoms with Crippen LogP contribution in [0.2, 0.25) is 5.02 Å². The van der Waals surface area contributed by atoms with Crippen molar-refractivity contribution in [1.29, 1.82) is 0 Å². The van der Waals surface area contributed by atoms with E-state index in [0.29, 0.717) is 35.6 Å². The third-order valence-corrected chi connectivity index (χ3v) is 5.67. The summed E-state index contributed by atoms with van der Waals surface area (Å²) < 4.78 is 16.7. The highest BCUT2D eigenvalue weighted by Crippen LogP contribution is 2.42. The molecule has 0 aromatic heterocycles. The fourth-order valence-corrected chi connectivity index (χ4v) is 4.04. The standard InChI is InChI=1S/C18H25ClO4P2/c1-12-9-18(23-25)17(16(12)7-8-20)6-5-15(22-24)11-21-14-4-2-3-13(19)10-14/h2-6,8,10,12,15-18H,7,9,11,24-25H2,1H3/b6-5+. The highest BCUT2D eigenvalue weighted by Gasteiger charge is 2.39. The van der Waals surface area contributed by atoms with Gasteiger partial charge in [-0.2, -0.15) is 0 Å². The van der Waals surface area contributed by atoms with Crippen molar-refractivity contribution in [3.8, 4) is 5.75 Å². The van der Waals surface area contributed by atoms with E-state index < -0.39 is 0 Å². The molecule has 0 radical (unpaired) electrons. The highest BCUT2D eigenvalue weighted by molar-refractivity contribution is 7.10. The van der Waals surface area contributed by atoms with Crippen LogP contribution in [0.5, 0.6) is 5.75 Å². The van der Waals surface area contributed by atoms with Crippen LogP contribution in [0.1, 0.15) is 19.8 Å². The van der Waals surface area contributed by atoms with Gasteiger partial charge in [-0.25, -0.2) is 0 Å². The minimum Gasteiger partial charge on any atom is -0.490 e. The number of ether oxygens (including phenoxy) is 1. The summed E-state index contributed by atoms with van der Waals surface area (Å²) in [5.74, 6) is 1.63. The molecule has 7 unspecified atom stereocenters. The molecule has 7 heteroatoms. The minimum absolute atomic E-state index is 0.0974. The summed E-state index contributed by atoms with van der Waals surface area (Å²) in [5.41, 5.74) is 0. The molecule has 0 amide bonds. The number of aldehydes is 1. The van der Waals surface area contributed by atoms with Crippen LogP contribution in [-0.4, -0.2) is 25.1 Å². The number of carbonyl (C=O) groups is 1. The lowest BCUT2D eigenvalue weighted by molar-refractivity contribution is -0.109. The summed E-state index contributed by atoms with van der Waals surface area (Å²) in [6.07, 6.45) is 6.45. The summed E-state index contributed by atoms with van der Waals surface area (Å²) in [4.78, 5) is 11.0. The lowest BCUT2D eigenvalue weighted by Crippen LogP contribution is -2.21. The lowest BCUT2D eigenvalue weighted by atomic mass is 9.87. The maximum Gasteiger partial charge on any atom is 0.120 e. The molecule has 2 rings (SSSR count). The van der Waals surface area contributed by atoms with Gasteiger partial charge in [-0.3, -0.25) is 0 Å². The summed E-state index contributed by atoms with van der Waals surface area (Å²) in [5, 5.41) is 0.633. The Morgan fingerprint density at radius 1 is 1.40 bits per heavy atom. The van der Waals surface area contributed by atoms with Crippen molar-refractivity contribution in [2.24, 2.45) is 17.8 Å². The number of benzene rings is 1. The van der Waals surface area contributed by atoms with E-state index in [4.69, 9.17) is 25.4 Å². The average molecular weight is 403 g/mol. The van der Waals surface area contributed by atoms with Gasteiger partial charge in [0.1, 0.15) is 24.7 Å². The van der Waals surface area contributed by atoms with E-state index in [2.05, 4.69) is 31.9 Å². The predicted octanol–water partition coefficient (Wildman–Crippen LogP) is 4.49. The molecule has 4 nitrogen and oxygen atoms in total. The van der Waals surface area contributed by atoms with Gasteiger partial charge >= 0.3 is 0 Å². The van der Waals surface area contributed by atoms with Gasteiger partial charge in [-0.15, -0.1) is 0 Å². The molecule has 0 aliphatic heterocycles. The van der Waals surface area contributed by atoms with Crippen LogP contribution in [0.25, 0.3) is 0 Å². The molecule has 1 saturated carbocycles. The van der Waals surface area contributed by atoms with Gasteiger partial charge in [0.2, 0.25) is 0 Å². The topological polar surface area (TPSA) is 44.8 Å². The van der Waals surface area contributed by atoms with Crippen LogP contribution >= 0.6 is 30.5 Å². The van der Waals surface area contributed by atoms with Gasteiger partial charge in [-0.05, 0) is 36.5 Å². The average Bonchev–Trinajstić information content (AvgIpc) is 2.91. The molecule has 1 aromatic rings. The van der Waals surface area contributed by atoms with Gasteiger partial charge in [0.15, 0.2) is 0 Å². The van der Waals surface area contributed by atoms with E-state index in [1.54, 1.807) is 12.1 Å². The fourth-order valence-electron chi connectivity index (χ4n) is 3.39. The van der Waals surface area contributed by atoms with Crippen molar-refractivity contribution in [2.45, 2.75) is 32.0 Å². The number of rotatable bonds is 9. The van der Waals surface area contributed by atoms with Crippen molar-refractivity contribution in [3.63, 3.8) is 0 Å². The van der Waals surface area contributed by atoms with Gasteiger partial charge in [0, 0.05) is 36.3 Å². The van der Waals surface area contributed by atoms with E-state index in [1.165, 1.54) is 0 Å². The molecule has 25 heavy (non-hydrogen) atoms. The van der Waals surface area contributed by atoms with Crippen molar-refractivity contribution >= 4 is 36.8 Å². The molecular formula is C18H25ClO4P2. The monoisotopic (exact) mass is 402 g/mol. The third kappa shape index (κ3) is 6.01. The molecule has 138 valence electrons. The molecule has 0 bridgehead atoms. The Kier molecular flexibility index (Phi) is 8.82. The Hall–Kier alpha value is -0.500. The third-order valence-electron chi connectivity index (χ3n) is 4.73. The van der Waals surface area contributed by atoms with Crippen LogP contribution in [0.3, 0.4) is 0 Å². The zero-order chi connectivity index (χ0) is 18.2. The summed E-state index contributed by atoms with van der Waals surface area (Å²) in [6.45, 7) is 2.54. The second-order valence-electron chi connectivity index (χ2n) is 6.36. The first kappa shape index (κ1) is 20.8. The molecule has 7 atom stereocenters. The van der Waals surface area contributed by atoms with Crippen LogP contribution in [-0.2, 0) is 13.8 Å². The Balaban J connectivity index is 1.99. The molecule has 1 aliphatic carbocycles. The predicted molar refractivity (Wildman–Crippen MR) is 107 cm³/mol. The Bertz CT molecular complexity index is 584. The number of halogens is 1. The first-order chi connectivity index (χ1) is 12.1. The summed E-state index contributed by atoms with van der Waals surface area (Å²) in [7, 11) is 4.62. The van der Waals surface area contributed by atoms with E-state index >= 15 is 0 Å². The van der Waals surface area contributed by atoms with Gasteiger partial charge in [0.05, 0.1) is 6.10 Å². The molecule has 0 N–H and O–H groups in total. The Labute approximate surface area is 159 Å². The van der Waals surface area contributed by atoms with Gasteiger partial charge < -0.3 is 18.6 Å². The molecule has 0 heterocycles. The minimum atomic E-state index is -0.220. The summed E-state index contributed by atoms with van der Waals surface area (Å²) in [6, 6.07) is 7.26. The molecule has 1 fully saturated rings. The van der Waals surface area contributed by atoms with E-state index in [-0.39, 0.29) is 18.1 Å². The first-order valence-corrected chi connectivity index (χ1v) is 9.62. The van der Waals surface area contributed by atoms with E-state index in [1.807, 2.05) is 18.2 Å². The second-order valence-corrected chi connectivity index (χ2v) is 7.34. The van der Waals surface area contributed by atoms with Crippen molar-refractivity contribution in [3.05, 3.63) is 41.4 Å². The molecule has 0 spiro atoms. The van der Waals surface area contributed by atoms with Gasteiger partial charge in [0.25, 0.3) is 0 Å². The SMILES string of the molecule is CC1CC(OP)C(/C=C/C(COc2cccc(Cl)c2)OP)C1CC=O. The van der Waals surface area contributed by atoms with Crippen molar-refractivity contribution in [2.75, 3.05) is 6.61 Å². The second kappa shape index (κ2) is 10.6. The number of carbonyl (C=O) groups excluding carboxylic acids is 1. The number of hydrogen-bond acceptors (Lipinski definition) is 4. The van der Waals surface area contributed by atoms with Crippen molar-refractivity contribution < 1.29 is 18.6 Å². The quantitative estimate of drug-likeness (QED) is 0.347. The molecule has 0 saturated heterocycles. The zero-order valence-corrected chi connectivity index (χ0v) is 17.3. The Morgan fingerprint density at radius 3 is 2.84 bits per heavy atom. The van der Waals surface area contributed by atoms with Crippen LogP contribution in [0.4, 0.5) is 0 Å². The summed E-state index contributed by atoms with van der Waals surface area (Å²) >= 11 is 5.96. The molecule has 1 aromatic carbocycles. The largest absolute Gasteiger partial charge is 0.490 e. The smallest absolute Gasteiger partial charge is 0.120 e. The fraction of sp³-hybridized carbons (Fsp3) is 0.500. The zero-order valence-electron chi connectivity index (χ0n) is 14.2. The molecular weight excluding hydrogens is 378 g/mol. The Morgan fingerprint density at radius 2 is 2.20 bits per heavy atom. The van der Waals surface area contributed by atoms with E-state index in [9.17, 15) is 4.79 Å². The first-order valence-electron chi connectivity index (χ1n) is 8.30. The maximum absolute atomic E-state index is 11.0. The van der Waals surface area contributed by atoms with Crippen LogP contribution < -0.4 is 4.74 Å². The van der Waals surface area contributed by atoms with Crippen LogP contribution in [0, 0.1) is 17.8 Å². The maximum atomic E-state index is 11.0. The molecule has 1 aliphatic rings. The normalized spacial score (nSPS) is 27.5. The number of hydrogen-bond donors (Lipinski definition) is 0. The lowest BCUT2D eigenvalue weighted by Gasteiger charge is -2.21.